The molecule has 7 aliphatic rings. The number of carbonyl (C=O) groups is 6. The Kier molecular flexibility index (Phi) is 11.1. The monoisotopic (exact) mass is 784 g/mol. The van der Waals surface area contributed by atoms with Gasteiger partial charge in [0, 0.05) is 40.0 Å². The van der Waals surface area contributed by atoms with Crippen LogP contribution < -0.4 is 0 Å². The average Bonchev–Trinajstić information content (AvgIpc) is 3.46. The molecule has 5 fully saturated rings. The van der Waals surface area contributed by atoms with Gasteiger partial charge in [-0.05, 0) is 87.5 Å². The Balaban J connectivity index is 1.06. The fourth-order valence-electron chi connectivity index (χ4n) is 11.9. The summed E-state index contributed by atoms with van der Waals surface area (Å²) in [5.74, 6) is -2.49. The normalized spacial score (nSPS) is 43.9. The molecule has 14 heteroatoms. The molecule has 0 aromatic rings. The largest absolute Gasteiger partial charge is 0.463 e. The molecule has 14 nitrogen and oxygen atoms in total. The lowest BCUT2D eigenvalue weighted by atomic mass is 9.47. The van der Waals surface area contributed by atoms with Gasteiger partial charge in [0.2, 0.25) is 0 Å². The molecular formula is C42H56O14. The predicted molar refractivity (Wildman–Crippen MR) is 194 cm³/mol. The summed E-state index contributed by atoms with van der Waals surface area (Å²) in [7, 11) is 0. The van der Waals surface area contributed by atoms with Gasteiger partial charge in [-0.15, -0.1) is 0 Å². The van der Waals surface area contributed by atoms with Gasteiger partial charge < -0.3 is 37.9 Å². The molecule has 3 heterocycles. The van der Waals surface area contributed by atoms with Crippen molar-refractivity contribution in [3.05, 3.63) is 23.8 Å². The van der Waals surface area contributed by atoms with Crippen LogP contribution in [-0.4, -0.2) is 97.9 Å². The van der Waals surface area contributed by atoms with Gasteiger partial charge in [0.1, 0.15) is 24.7 Å². The molecule has 15 atom stereocenters. The van der Waals surface area contributed by atoms with Crippen LogP contribution in [-0.2, 0) is 66.7 Å². The molecule has 2 saturated carbocycles. The van der Waals surface area contributed by atoms with Crippen molar-refractivity contribution in [1.82, 2.24) is 0 Å². The molecule has 7 rings (SSSR count). The molecule has 56 heavy (non-hydrogen) atoms. The molecular weight excluding hydrogens is 728 g/mol. The molecule has 0 aromatic carbocycles. The number of hydrogen-bond donors (Lipinski definition) is 0. The predicted octanol–water partition coefficient (Wildman–Crippen LogP) is 4.35. The average molecular weight is 785 g/mol. The highest BCUT2D eigenvalue weighted by molar-refractivity contribution is 5.98. The van der Waals surface area contributed by atoms with Crippen LogP contribution in [0.5, 0.6) is 0 Å². The maximum absolute atomic E-state index is 13.9. The van der Waals surface area contributed by atoms with Crippen molar-refractivity contribution >= 4 is 35.6 Å². The first kappa shape index (κ1) is 40.6. The van der Waals surface area contributed by atoms with E-state index in [-0.39, 0.29) is 29.8 Å². The van der Waals surface area contributed by atoms with Gasteiger partial charge in [-0.1, -0.05) is 24.6 Å². The molecule has 0 radical (unpaired) electrons. The number of rotatable bonds is 9. The van der Waals surface area contributed by atoms with Crippen LogP contribution in [0, 0.1) is 46.3 Å². The first-order valence-electron chi connectivity index (χ1n) is 20.1. The lowest BCUT2D eigenvalue weighted by Gasteiger charge is -2.58. The topological polar surface area (TPSA) is 176 Å². The third-order valence-corrected chi connectivity index (χ3v) is 14.5. The van der Waals surface area contributed by atoms with Crippen LogP contribution in [0.15, 0.2) is 23.8 Å². The van der Waals surface area contributed by atoms with Crippen molar-refractivity contribution < 1.29 is 66.7 Å². The second kappa shape index (κ2) is 15.3. The van der Waals surface area contributed by atoms with Gasteiger partial charge in [-0.3, -0.25) is 28.8 Å². The molecule has 0 spiro atoms. The summed E-state index contributed by atoms with van der Waals surface area (Å²) >= 11 is 0. The molecule has 3 aliphatic heterocycles. The van der Waals surface area contributed by atoms with Gasteiger partial charge in [0.05, 0.1) is 24.2 Å². The molecule has 3 saturated heterocycles. The number of ketones is 1. The Bertz CT molecular complexity index is 1690. The Morgan fingerprint density at radius 1 is 0.804 bits per heavy atom. The fraction of sp³-hybridized carbons (Fsp3) is 0.762. The lowest BCUT2D eigenvalue weighted by Crippen LogP contribution is -2.64. The van der Waals surface area contributed by atoms with Crippen LogP contribution in [0.3, 0.4) is 0 Å². The van der Waals surface area contributed by atoms with Crippen LogP contribution in [0.1, 0.15) is 93.4 Å². The first-order chi connectivity index (χ1) is 26.5. The summed E-state index contributed by atoms with van der Waals surface area (Å²) in [6.45, 7) is 10.8. The van der Waals surface area contributed by atoms with Crippen molar-refractivity contribution in [3.8, 4) is 0 Å². The van der Waals surface area contributed by atoms with Gasteiger partial charge in [-0.2, -0.15) is 0 Å². The molecule has 0 N–H and O–H groups in total. The Morgan fingerprint density at radius 3 is 2.14 bits per heavy atom. The third-order valence-electron chi connectivity index (χ3n) is 14.5. The van der Waals surface area contributed by atoms with Gasteiger partial charge in [0.25, 0.3) is 0 Å². The minimum absolute atomic E-state index is 0.0183. The van der Waals surface area contributed by atoms with Crippen LogP contribution in [0.2, 0.25) is 0 Å². The van der Waals surface area contributed by atoms with E-state index < -0.39 is 84.1 Å². The van der Waals surface area contributed by atoms with Gasteiger partial charge in [-0.25, -0.2) is 0 Å². The molecule has 2 bridgehead atoms. The van der Waals surface area contributed by atoms with Crippen LogP contribution >= 0.6 is 0 Å². The van der Waals surface area contributed by atoms with Crippen molar-refractivity contribution in [2.24, 2.45) is 46.3 Å². The molecule has 0 amide bonds. The van der Waals surface area contributed by atoms with E-state index in [1.54, 1.807) is 6.08 Å². The second-order valence-electron chi connectivity index (χ2n) is 17.7. The fourth-order valence-corrected chi connectivity index (χ4v) is 11.9. The second-order valence-corrected chi connectivity index (χ2v) is 17.7. The van der Waals surface area contributed by atoms with Crippen molar-refractivity contribution in [2.75, 3.05) is 19.8 Å². The van der Waals surface area contributed by atoms with E-state index in [1.807, 2.05) is 13.0 Å². The number of carbonyl (C=O) groups excluding carboxylic acids is 6. The summed E-state index contributed by atoms with van der Waals surface area (Å²) in [6.07, 6.45) is 5.47. The Hall–Kier alpha value is -3.62. The molecule has 15 unspecified atom stereocenters. The summed E-state index contributed by atoms with van der Waals surface area (Å²) < 4.78 is 46.9. The molecule has 308 valence electrons. The highest BCUT2D eigenvalue weighted by Crippen LogP contribution is 2.67. The van der Waals surface area contributed by atoms with E-state index in [0.29, 0.717) is 36.7 Å². The van der Waals surface area contributed by atoms with Gasteiger partial charge >= 0.3 is 29.8 Å². The Morgan fingerprint density at radius 2 is 1.46 bits per heavy atom. The molecule has 0 aromatic heterocycles. The molecule has 4 aliphatic carbocycles. The van der Waals surface area contributed by atoms with E-state index in [9.17, 15) is 28.8 Å². The zero-order chi connectivity index (χ0) is 40.3. The number of allylic oxidation sites excluding steroid dienone is 4. The standard InChI is InChI=1S/C42H56O14/c1-21(43)49-20-33-35(52-22(2)44)36(53-23(3)45)37(54-24(4)46)39(56-33)50-19-31-38(48)55-32-17-41(31,6)51-18-27(32)29-14-13-28-26-12-11-25-9-8-10-34(47)42(25,7)30(26)15-16-40(28,29)5/h8,10-11,26-33,35-37,39H,9,12-20H2,1-7H3. The van der Waals surface area contributed by atoms with Crippen molar-refractivity contribution in [2.45, 2.75) is 136 Å². The van der Waals surface area contributed by atoms with E-state index in [2.05, 4.69) is 19.9 Å². The first-order valence-corrected chi connectivity index (χ1v) is 20.1. The summed E-state index contributed by atoms with van der Waals surface area (Å²) in [6, 6.07) is 0. The lowest BCUT2D eigenvalue weighted by molar-refractivity contribution is -0.315. The number of hydrogen-bond acceptors (Lipinski definition) is 14. The minimum Gasteiger partial charge on any atom is -0.463 e. The van der Waals surface area contributed by atoms with Crippen LogP contribution in [0.25, 0.3) is 0 Å². The minimum atomic E-state index is -1.43. The van der Waals surface area contributed by atoms with Crippen molar-refractivity contribution in [1.29, 1.82) is 0 Å². The number of fused-ring (bicyclic) bond motifs is 7. The maximum atomic E-state index is 13.9. The number of ether oxygens (including phenoxy) is 8. The third kappa shape index (κ3) is 7.12. The van der Waals surface area contributed by atoms with E-state index in [1.165, 1.54) is 12.5 Å². The van der Waals surface area contributed by atoms with Gasteiger partial charge in [0.15, 0.2) is 30.4 Å². The quantitative estimate of drug-likeness (QED) is 0.183. The zero-order valence-corrected chi connectivity index (χ0v) is 33.4. The Labute approximate surface area is 327 Å². The number of esters is 5. The zero-order valence-electron chi connectivity index (χ0n) is 33.4. The van der Waals surface area contributed by atoms with E-state index in [4.69, 9.17) is 37.9 Å². The summed E-state index contributed by atoms with van der Waals surface area (Å²) in [4.78, 5) is 75.7. The maximum Gasteiger partial charge on any atom is 0.314 e. The smallest absolute Gasteiger partial charge is 0.314 e. The van der Waals surface area contributed by atoms with E-state index in [0.717, 1.165) is 59.3 Å². The summed E-state index contributed by atoms with van der Waals surface area (Å²) in [5.41, 5.74) is -0.0524. The van der Waals surface area contributed by atoms with Crippen LogP contribution in [0.4, 0.5) is 0 Å². The highest BCUT2D eigenvalue weighted by Gasteiger charge is 2.64. The summed E-state index contributed by atoms with van der Waals surface area (Å²) in [5, 5.41) is 0. The highest BCUT2D eigenvalue weighted by atomic mass is 16.7. The van der Waals surface area contributed by atoms with Crippen molar-refractivity contribution in [3.63, 3.8) is 0 Å². The SMILES string of the molecule is CC(=O)OCC1OC(OCC2C(=O)OC3CC2(C)OCC3C2CCC3C4CC=C5CC=CC(=O)C5(C)C4CCC23C)C(OC(C)=O)C(OC(C)=O)C1OC(C)=O. The van der Waals surface area contributed by atoms with E-state index >= 15 is 0 Å².